The lowest BCUT2D eigenvalue weighted by Gasteiger charge is -2.06. The van der Waals surface area contributed by atoms with E-state index in [1.54, 1.807) is 18.2 Å². The van der Waals surface area contributed by atoms with Gasteiger partial charge < -0.3 is 0 Å². The van der Waals surface area contributed by atoms with Gasteiger partial charge in [-0.15, -0.1) is 5.10 Å². The molecule has 0 bridgehead atoms. The molecule has 1 amide bonds. The Labute approximate surface area is 192 Å². The number of rotatable bonds is 6. The van der Waals surface area contributed by atoms with E-state index < -0.39 is 24.3 Å². The Balaban J connectivity index is 1.45. The van der Waals surface area contributed by atoms with Gasteiger partial charge in [0.1, 0.15) is 12.9 Å². The van der Waals surface area contributed by atoms with Gasteiger partial charge in [0, 0.05) is 16.0 Å². The molecule has 0 atom stereocenters. The summed E-state index contributed by atoms with van der Waals surface area (Å²) in [4.78, 5) is 16.4. The highest BCUT2D eigenvalue weighted by atomic mass is 79.9. The highest BCUT2D eigenvalue weighted by molar-refractivity contribution is 9.10. The topological polar surface area (TPSA) is 77.6 Å². The summed E-state index contributed by atoms with van der Waals surface area (Å²) in [6.07, 6.45) is -1.71. The van der Waals surface area contributed by atoms with E-state index in [1.807, 2.05) is 0 Å². The van der Waals surface area contributed by atoms with Crippen LogP contribution in [0.4, 0.5) is 19.1 Å². The van der Waals surface area contributed by atoms with Crippen molar-refractivity contribution in [2.45, 2.75) is 38.0 Å². The van der Waals surface area contributed by atoms with Crippen LogP contribution in [0.25, 0.3) is 0 Å². The molecule has 1 aliphatic carbocycles. The number of benzene rings is 1. The van der Waals surface area contributed by atoms with Crippen LogP contribution in [-0.4, -0.2) is 30.5 Å². The van der Waals surface area contributed by atoms with Crippen molar-refractivity contribution < 1.29 is 18.0 Å². The first-order chi connectivity index (χ1) is 14.6. The molecule has 1 aromatic carbocycles. The number of anilines is 1. The summed E-state index contributed by atoms with van der Waals surface area (Å²) in [6.45, 7) is -0.0934. The molecule has 13 heteroatoms. The largest absolute Gasteiger partial charge is 0.436 e. The molecule has 3 aromatic rings. The van der Waals surface area contributed by atoms with Crippen molar-refractivity contribution >= 4 is 51.0 Å². The van der Waals surface area contributed by atoms with E-state index in [1.165, 1.54) is 11.0 Å². The molecule has 0 saturated heterocycles. The molecule has 0 radical (unpaired) electrons. The van der Waals surface area contributed by atoms with Gasteiger partial charge in [0.15, 0.2) is 5.69 Å². The van der Waals surface area contributed by atoms with Crippen LogP contribution in [0.15, 0.2) is 29.0 Å². The number of nitrogens with zero attached hydrogens (tertiary/aromatic N) is 5. The Morgan fingerprint density at radius 2 is 2.00 bits per heavy atom. The Bertz CT molecular complexity index is 1140. The third-order valence-corrected chi connectivity index (χ3v) is 5.96. The minimum atomic E-state index is -4.62. The first kappa shape index (κ1) is 22.1. The molecule has 1 saturated carbocycles. The number of halogens is 6. The zero-order valence-electron chi connectivity index (χ0n) is 15.6. The summed E-state index contributed by atoms with van der Waals surface area (Å²) in [6, 6.07) is 5.04. The van der Waals surface area contributed by atoms with Crippen molar-refractivity contribution in [2.75, 3.05) is 5.32 Å². The summed E-state index contributed by atoms with van der Waals surface area (Å²) in [5, 5.41) is 11.2. The van der Waals surface area contributed by atoms with Crippen LogP contribution in [0.3, 0.4) is 0 Å². The average molecular weight is 538 g/mol. The average Bonchev–Trinajstić information content (AvgIpc) is 3.31. The van der Waals surface area contributed by atoms with Crippen molar-refractivity contribution in [1.82, 2.24) is 24.5 Å². The van der Waals surface area contributed by atoms with Crippen molar-refractivity contribution in [1.29, 1.82) is 0 Å². The van der Waals surface area contributed by atoms with Crippen molar-refractivity contribution in [3.05, 3.63) is 56.0 Å². The van der Waals surface area contributed by atoms with E-state index >= 15 is 0 Å². The van der Waals surface area contributed by atoms with Gasteiger partial charge in [-0.1, -0.05) is 29.3 Å². The fourth-order valence-electron chi connectivity index (χ4n) is 3.05. The van der Waals surface area contributed by atoms with E-state index in [9.17, 15) is 18.0 Å². The van der Waals surface area contributed by atoms with E-state index in [-0.39, 0.29) is 16.3 Å². The zero-order valence-corrected chi connectivity index (χ0v) is 18.7. The fraction of sp³-hybridized carbons (Fsp3) is 0.333. The Hall–Kier alpha value is -2.11. The van der Waals surface area contributed by atoms with Crippen LogP contribution in [0.1, 0.15) is 35.7 Å². The van der Waals surface area contributed by atoms with E-state index in [2.05, 4.69) is 36.4 Å². The Morgan fingerprint density at radius 1 is 1.26 bits per heavy atom. The van der Waals surface area contributed by atoms with E-state index in [0.717, 1.165) is 23.1 Å². The molecule has 7 nitrogen and oxygen atoms in total. The van der Waals surface area contributed by atoms with Gasteiger partial charge in [0.05, 0.1) is 16.7 Å². The third kappa shape index (κ3) is 5.04. The maximum atomic E-state index is 13.2. The number of hydrogen-bond acceptors (Lipinski definition) is 4. The molecule has 1 aliphatic rings. The maximum Gasteiger partial charge on any atom is 0.436 e. The number of hydrogen-bond donors (Lipinski definition) is 1. The smallest absolute Gasteiger partial charge is 0.292 e. The SMILES string of the molecule is O=C(Cn1nc(C(F)(F)F)c(Br)c1C1CC1)Nc1ncn(Cc2ccc(Cl)cc2Cl)n1. The highest BCUT2D eigenvalue weighted by Gasteiger charge is 2.42. The second-order valence-electron chi connectivity index (χ2n) is 7.03. The fourth-order valence-corrected chi connectivity index (χ4v) is 4.36. The number of carbonyl (C=O) groups is 1. The molecule has 2 aromatic heterocycles. The minimum absolute atomic E-state index is 0.0188. The molecule has 31 heavy (non-hydrogen) atoms. The molecule has 2 heterocycles. The van der Waals surface area contributed by atoms with Crippen LogP contribution in [0, 0.1) is 0 Å². The van der Waals surface area contributed by atoms with Gasteiger partial charge in [0.25, 0.3) is 0 Å². The minimum Gasteiger partial charge on any atom is -0.292 e. The Morgan fingerprint density at radius 3 is 2.65 bits per heavy atom. The predicted molar refractivity (Wildman–Crippen MR) is 111 cm³/mol. The highest BCUT2D eigenvalue weighted by Crippen LogP contribution is 2.46. The number of carbonyl (C=O) groups excluding carboxylic acids is 1. The van der Waals surface area contributed by atoms with Crippen molar-refractivity contribution in [2.24, 2.45) is 0 Å². The summed E-state index contributed by atoms with van der Waals surface area (Å²) < 4.78 is 42.0. The molecule has 0 unspecified atom stereocenters. The number of amides is 1. The lowest BCUT2D eigenvalue weighted by molar-refractivity contribution is -0.142. The first-order valence-electron chi connectivity index (χ1n) is 9.08. The third-order valence-electron chi connectivity index (χ3n) is 4.59. The van der Waals surface area contributed by atoms with Gasteiger partial charge in [-0.2, -0.15) is 18.3 Å². The van der Waals surface area contributed by atoms with E-state index in [0.29, 0.717) is 22.3 Å². The number of aromatic nitrogens is 5. The van der Waals surface area contributed by atoms with Crippen LogP contribution < -0.4 is 5.32 Å². The van der Waals surface area contributed by atoms with Gasteiger partial charge >= 0.3 is 6.18 Å². The summed E-state index contributed by atoms with van der Waals surface area (Å²) in [5.74, 6) is -0.620. The standard InChI is InChI=1S/C18H14BrCl2F3N6O/c19-14-15(9-1-2-9)30(27-16(14)18(22,23)24)7-13(31)26-17-25-8-29(28-17)6-10-3-4-11(20)5-12(10)21/h3-5,8-9H,1-2,6-7H2,(H,26,28,31). The van der Waals surface area contributed by atoms with Crippen LogP contribution in [0.5, 0.6) is 0 Å². The van der Waals surface area contributed by atoms with Crippen molar-refractivity contribution in [3.8, 4) is 0 Å². The van der Waals surface area contributed by atoms with Gasteiger partial charge in [-0.05, 0) is 46.5 Å². The lowest BCUT2D eigenvalue weighted by Crippen LogP contribution is -2.22. The lowest BCUT2D eigenvalue weighted by atomic mass is 10.2. The quantitative estimate of drug-likeness (QED) is 0.473. The first-order valence-corrected chi connectivity index (χ1v) is 10.6. The van der Waals surface area contributed by atoms with Crippen LogP contribution >= 0.6 is 39.1 Å². The molecule has 4 rings (SSSR count). The second-order valence-corrected chi connectivity index (χ2v) is 8.66. The van der Waals surface area contributed by atoms with Crippen molar-refractivity contribution in [3.63, 3.8) is 0 Å². The van der Waals surface area contributed by atoms with Crippen LogP contribution in [-0.2, 0) is 24.1 Å². The van der Waals surface area contributed by atoms with Gasteiger partial charge in [-0.3, -0.25) is 14.8 Å². The van der Waals surface area contributed by atoms with Crippen LogP contribution in [0.2, 0.25) is 10.0 Å². The Kier molecular flexibility index (Phi) is 6.01. The molecule has 1 fully saturated rings. The summed E-state index contributed by atoms with van der Waals surface area (Å²) in [7, 11) is 0. The molecule has 0 aliphatic heterocycles. The monoisotopic (exact) mass is 536 g/mol. The number of alkyl halides is 3. The molecule has 164 valence electrons. The zero-order chi connectivity index (χ0) is 22.3. The van der Waals surface area contributed by atoms with Gasteiger partial charge in [0.2, 0.25) is 11.9 Å². The second kappa shape index (κ2) is 8.44. The molecular weight excluding hydrogens is 524 g/mol. The maximum absolute atomic E-state index is 13.2. The van der Waals surface area contributed by atoms with Gasteiger partial charge in [-0.25, -0.2) is 9.67 Å². The molecule has 0 spiro atoms. The molecular formula is C18H14BrCl2F3N6O. The molecule has 1 N–H and O–H groups in total. The van der Waals surface area contributed by atoms with E-state index in [4.69, 9.17) is 23.2 Å². The predicted octanol–water partition coefficient (Wildman–Crippen LogP) is 5.13. The summed E-state index contributed by atoms with van der Waals surface area (Å²) >= 11 is 15.0. The summed E-state index contributed by atoms with van der Waals surface area (Å²) in [5.41, 5.74) is 0.0896. The normalized spacial score (nSPS) is 14.1. The number of nitrogens with one attached hydrogen (secondary N) is 1.